The molecule has 1 N–H and O–H groups in total. The number of amides is 2. The zero-order chi connectivity index (χ0) is 10.7. The van der Waals surface area contributed by atoms with E-state index >= 15 is 0 Å². The molecular formula is C12H13NO2. The van der Waals surface area contributed by atoms with Gasteiger partial charge in [-0.15, -0.1) is 0 Å². The van der Waals surface area contributed by atoms with Crippen molar-refractivity contribution in [2.24, 2.45) is 23.7 Å². The topological polar surface area (TPSA) is 46.2 Å². The molecule has 4 atom stereocenters. The number of hydrogen-bond acceptors (Lipinski definition) is 2. The first-order valence-corrected chi connectivity index (χ1v) is 5.31. The van der Waals surface area contributed by atoms with Crippen molar-refractivity contribution in [3.8, 4) is 0 Å². The number of hydrogen-bond donors (Lipinski definition) is 1. The number of carbonyl (C=O) groups is 2. The lowest BCUT2D eigenvalue weighted by atomic mass is 9.85. The Morgan fingerprint density at radius 2 is 1.53 bits per heavy atom. The molecular weight excluding hydrogens is 190 g/mol. The quantitative estimate of drug-likeness (QED) is 0.472. The molecule has 1 aliphatic heterocycles. The fourth-order valence-corrected chi connectivity index (χ4v) is 3.35. The van der Waals surface area contributed by atoms with Crippen molar-refractivity contribution in [3.63, 3.8) is 0 Å². The largest absolute Gasteiger partial charge is 0.296 e. The SMILES string of the molecule is CC(C)=C1[C@H]2C=C[C@@H]1[C@@H]1C(=O)NC(=O)[C@@H]12. The molecule has 3 aliphatic rings. The molecule has 2 aliphatic carbocycles. The Labute approximate surface area is 88.2 Å². The average molecular weight is 203 g/mol. The van der Waals surface area contributed by atoms with Gasteiger partial charge in [0, 0.05) is 11.8 Å². The van der Waals surface area contributed by atoms with Crippen molar-refractivity contribution in [3.05, 3.63) is 23.3 Å². The van der Waals surface area contributed by atoms with Crippen LogP contribution in [0.3, 0.4) is 0 Å². The van der Waals surface area contributed by atoms with E-state index in [1.165, 1.54) is 11.1 Å². The fraction of sp³-hybridized carbons (Fsp3) is 0.500. The molecule has 3 heteroatoms. The van der Waals surface area contributed by atoms with Crippen molar-refractivity contribution in [1.82, 2.24) is 5.32 Å². The minimum absolute atomic E-state index is 0.0828. The Morgan fingerprint density at radius 3 is 1.93 bits per heavy atom. The summed E-state index contributed by atoms with van der Waals surface area (Å²) in [4.78, 5) is 23.3. The van der Waals surface area contributed by atoms with E-state index in [4.69, 9.17) is 0 Å². The smallest absolute Gasteiger partial charge is 0.231 e. The molecule has 0 aromatic rings. The van der Waals surface area contributed by atoms with E-state index in [1.807, 2.05) is 0 Å². The molecule has 2 bridgehead atoms. The van der Waals surface area contributed by atoms with Crippen molar-refractivity contribution in [1.29, 1.82) is 0 Å². The Bertz CT molecular complexity index is 397. The van der Waals surface area contributed by atoms with Gasteiger partial charge in [-0.05, 0) is 13.8 Å². The maximum atomic E-state index is 11.6. The van der Waals surface area contributed by atoms with Gasteiger partial charge in [-0.25, -0.2) is 0 Å². The summed E-state index contributed by atoms with van der Waals surface area (Å²) in [7, 11) is 0. The van der Waals surface area contributed by atoms with E-state index in [2.05, 4.69) is 31.3 Å². The predicted octanol–water partition coefficient (Wildman–Crippen LogP) is 1.03. The minimum atomic E-state index is -0.127. The molecule has 15 heavy (non-hydrogen) atoms. The standard InChI is InChI=1S/C12H13NO2/c1-5(2)8-6-3-4-7(8)10-9(6)11(14)13-12(10)15/h3-4,6-7,9-10H,1-2H3,(H,13,14,15)/t6-,7+,9-,10+. The molecule has 0 aromatic carbocycles. The molecule has 0 spiro atoms. The van der Waals surface area contributed by atoms with E-state index in [-0.39, 0.29) is 35.5 Å². The third-order valence-electron chi connectivity index (χ3n) is 3.83. The normalized spacial score (nSPS) is 41.1. The summed E-state index contributed by atoms with van der Waals surface area (Å²) >= 11 is 0. The summed E-state index contributed by atoms with van der Waals surface area (Å²) in [5, 5.41) is 2.44. The molecule has 1 saturated carbocycles. The molecule has 1 heterocycles. The third-order valence-corrected chi connectivity index (χ3v) is 3.83. The van der Waals surface area contributed by atoms with Gasteiger partial charge in [-0.3, -0.25) is 14.9 Å². The van der Waals surface area contributed by atoms with E-state index in [0.29, 0.717) is 0 Å². The maximum Gasteiger partial charge on any atom is 0.231 e. The number of imide groups is 1. The van der Waals surface area contributed by atoms with E-state index in [0.717, 1.165) is 0 Å². The first-order valence-electron chi connectivity index (χ1n) is 5.31. The lowest BCUT2D eigenvalue weighted by Crippen LogP contribution is -2.26. The second-order valence-corrected chi connectivity index (χ2v) is 4.80. The lowest BCUT2D eigenvalue weighted by Gasteiger charge is -2.13. The van der Waals surface area contributed by atoms with Gasteiger partial charge in [0.25, 0.3) is 0 Å². The van der Waals surface area contributed by atoms with Crippen molar-refractivity contribution in [2.45, 2.75) is 13.8 Å². The Morgan fingerprint density at radius 1 is 1.07 bits per heavy atom. The van der Waals surface area contributed by atoms with Crippen LogP contribution in [-0.2, 0) is 9.59 Å². The number of rotatable bonds is 0. The van der Waals surface area contributed by atoms with Crippen LogP contribution >= 0.6 is 0 Å². The van der Waals surface area contributed by atoms with Crippen LogP contribution in [0.1, 0.15) is 13.8 Å². The third kappa shape index (κ3) is 0.907. The first-order chi connectivity index (χ1) is 7.11. The van der Waals surface area contributed by atoms with Crippen molar-refractivity contribution in [2.75, 3.05) is 0 Å². The predicted molar refractivity (Wildman–Crippen MR) is 54.6 cm³/mol. The lowest BCUT2D eigenvalue weighted by molar-refractivity contribution is -0.126. The van der Waals surface area contributed by atoms with Crippen LogP contribution < -0.4 is 5.32 Å². The van der Waals surface area contributed by atoms with Crippen LogP contribution in [0.2, 0.25) is 0 Å². The Balaban J connectivity index is 2.13. The second kappa shape index (κ2) is 2.60. The fourth-order valence-electron chi connectivity index (χ4n) is 3.35. The number of fused-ring (bicyclic) bond motifs is 5. The van der Waals surface area contributed by atoms with Crippen LogP contribution in [0.15, 0.2) is 23.3 Å². The van der Waals surface area contributed by atoms with Crippen LogP contribution in [0.25, 0.3) is 0 Å². The van der Waals surface area contributed by atoms with Crippen LogP contribution in [0.4, 0.5) is 0 Å². The van der Waals surface area contributed by atoms with Gasteiger partial charge in [-0.1, -0.05) is 23.3 Å². The number of carbonyl (C=O) groups excluding carboxylic acids is 2. The highest BCUT2D eigenvalue weighted by Crippen LogP contribution is 2.54. The van der Waals surface area contributed by atoms with Crippen LogP contribution in [0, 0.1) is 23.7 Å². The molecule has 0 aromatic heterocycles. The minimum Gasteiger partial charge on any atom is -0.296 e. The van der Waals surface area contributed by atoms with E-state index < -0.39 is 0 Å². The van der Waals surface area contributed by atoms with Crippen LogP contribution in [-0.4, -0.2) is 11.8 Å². The highest BCUT2D eigenvalue weighted by molar-refractivity contribution is 6.07. The summed E-state index contributed by atoms with van der Waals surface area (Å²) in [6.45, 7) is 4.12. The summed E-state index contributed by atoms with van der Waals surface area (Å²) in [5.41, 5.74) is 2.55. The van der Waals surface area contributed by atoms with Gasteiger partial charge in [0.05, 0.1) is 11.8 Å². The van der Waals surface area contributed by atoms with Gasteiger partial charge in [-0.2, -0.15) is 0 Å². The molecule has 2 fully saturated rings. The average Bonchev–Trinajstić information content (AvgIpc) is 2.77. The molecule has 2 amide bonds. The van der Waals surface area contributed by atoms with E-state index in [9.17, 15) is 9.59 Å². The maximum absolute atomic E-state index is 11.6. The molecule has 3 rings (SSSR count). The van der Waals surface area contributed by atoms with Crippen LogP contribution in [0.5, 0.6) is 0 Å². The molecule has 0 unspecified atom stereocenters. The summed E-state index contributed by atoms with van der Waals surface area (Å²) < 4.78 is 0. The molecule has 3 nitrogen and oxygen atoms in total. The summed E-state index contributed by atoms with van der Waals surface area (Å²) in [5.74, 6) is -0.0658. The molecule has 0 radical (unpaired) electrons. The number of nitrogens with one attached hydrogen (secondary N) is 1. The summed E-state index contributed by atoms with van der Waals surface area (Å²) in [6, 6.07) is 0. The zero-order valence-electron chi connectivity index (χ0n) is 8.78. The van der Waals surface area contributed by atoms with Gasteiger partial charge in [0.15, 0.2) is 0 Å². The van der Waals surface area contributed by atoms with Gasteiger partial charge in [0.1, 0.15) is 0 Å². The monoisotopic (exact) mass is 203 g/mol. The summed E-state index contributed by atoms with van der Waals surface area (Å²) in [6.07, 6.45) is 4.18. The van der Waals surface area contributed by atoms with Gasteiger partial charge >= 0.3 is 0 Å². The van der Waals surface area contributed by atoms with Crippen molar-refractivity contribution < 1.29 is 9.59 Å². The Hall–Kier alpha value is -1.38. The van der Waals surface area contributed by atoms with Gasteiger partial charge < -0.3 is 0 Å². The second-order valence-electron chi connectivity index (χ2n) is 4.80. The zero-order valence-corrected chi connectivity index (χ0v) is 8.78. The molecule has 78 valence electrons. The van der Waals surface area contributed by atoms with Crippen molar-refractivity contribution >= 4 is 11.8 Å². The highest BCUT2D eigenvalue weighted by Gasteiger charge is 2.58. The first kappa shape index (κ1) is 8.89. The van der Waals surface area contributed by atoms with Gasteiger partial charge in [0.2, 0.25) is 11.8 Å². The molecule has 1 saturated heterocycles. The number of allylic oxidation sites excluding steroid dienone is 4. The van der Waals surface area contributed by atoms with E-state index in [1.54, 1.807) is 0 Å². The Kier molecular flexibility index (Phi) is 1.54. The highest BCUT2D eigenvalue weighted by atomic mass is 16.2.